The molecule has 0 fully saturated rings. The van der Waals surface area contributed by atoms with Crippen molar-refractivity contribution in [2.24, 2.45) is 0 Å². The molecule has 0 spiro atoms. The fourth-order valence-corrected chi connectivity index (χ4v) is 2.13. The summed E-state index contributed by atoms with van der Waals surface area (Å²) in [5.74, 6) is -1.50. The lowest BCUT2D eigenvalue weighted by molar-refractivity contribution is -0.385. The molecule has 0 atom stereocenters. The van der Waals surface area contributed by atoms with E-state index in [-0.39, 0.29) is 11.3 Å². The van der Waals surface area contributed by atoms with Crippen molar-refractivity contribution >= 4 is 34.9 Å². The molecule has 2 aromatic carbocycles. The number of carbonyl (C=O) groups is 2. The lowest BCUT2D eigenvalue weighted by atomic mass is 10.1. The molecular formula is C16H13ClN2O5. The van der Waals surface area contributed by atoms with E-state index in [1.165, 1.54) is 25.1 Å². The molecule has 0 saturated carbocycles. The second-order valence-electron chi connectivity index (χ2n) is 4.86. The van der Waals surface area contributed by atoms with Crippen LogP contribution in [0.4, 0.5) is 11.4 Å². The van der Waals surface area contributed by atoms with Crippen LogP contribution >= 0.6 is 11.6 Å². The van der Waals surface area contributed by atoms with Gasteiger partial charge >= 0.3 is 5.97 Å². The number of hydrogen-bond donors (Lipinski definition) is 1. The summed E-state index contributed by atoms with van der Waals surface area (Å²) in [5.41, 5.74) is 0.293. The fraction of sp³-hybridized carbons (Fsp3) is 0.125. The van der Waals surface area contributed by atoms with Crippen LogP contribution in [0.25, 0.3) is 0 Å². The number of benzene rings is 2. The molecule has 0 bridgehead atoms. The number of nitrogens with zero attached hydrogens (tertiary/aromatic N) is 1. The summed E-state index contributed by atoms with van der Waals surface area (Å²) in [6.07, 6.45) is 0. The Morgan fingerprint density at radius 1 is 1.21 bits per heavy atom. The number of nitrogens with one attached hydrogen (secondary N) is 1. The highest BCUT2D eigenvalue weighted by Crippen LogP contribution is 2.23. The number of anilines is 1. The normalized spacial score (nSPS) is 10.1. The largest absolute Gasteiger partial charge is 0.452 e. The van der Waals surface area contributed by atoms with E-state index in [9.17, 15) is 19.7 Å². The number of halogens is 1. The molecule has 2 aromatic rings. The van der Waals surface area contributed by atoms with Gasteiger partial charge in [0.2, 0.25) is 0 Å². The first-order valence-electron chi connectivity index (χ1n) is 6.85. The third-order valence-corrected chi connectivity index (χ3v) is 3.35. The maximum absolute atomic E-state index is 12.0. The fourth-order valence-electron chi connectivity index (χ4n) is 2.01. The van der Waals surface area contributed by atoms with Gasteiger partial charge in [0.15, 0.2) is 6.61 Å². The van der Waals surface area contributed by atoms with Crippen LogP contribution in [0.1, 0.15) is 15.9 Å². The maximum Gasteiger partial charge on any atom is 0.345 e. The first-order chi connectivity index (χ1) is 11.4. The number of aryl methyl sites for hydroxylation is 1. The zero-order valence-corrected chi connectivity index (χ0v) is 13.4. The van der Waals surface area contributed by atoms with E-state index in [4.69, 9.17) is 16.3 Å². The molecule has 1 N–H and O–H groups in total. The van der Waals surface area contributed by atoms with Gasteiger partial charge in [0, 0.05) is 16.3 Å². The van der Waals surface area contributed by atoms with Crippen LogP contribution in [0.5, 0.6) is 0 Å². The highest BCUT2D eigenvalue weighted by atomic mass is 35.5. The van der Waals surface area contributed by atoms with E-state index in [2.05, 4.69) is 5.32 Å². The third kappa shape index (κ3) is 4.30. The minimum absolute atomic E-state index is 0.195. The number of rotatable bonds is 5. The van der Waals surface area contributed by atoms with Gasteiger partial charge in [0.1, 0.15) is 5.56 Å². The first-order valence-corrected chi connectivity index (χ1v) is 7.23. The van der Waals surface area contributed by atoms with Gasteiger partial charge < -0.3 is 10.1 Å². The van der Waals surface area contributed by atoms with Gasteiger partial charge in [-0.2, -0.15) is 0 Å². The highest BCUT2D eigenvalue weighted by Gasteiger charge is 2.24. The molecular weight excluding hydrogens is 336 g/mol. The SMILES string of the molecule is Cc1cccc(C(=O)OCC(=O)Nc2ccc(Cl)cc2)c1[N+](=O)[O-]. The van der Waals surface area contributed by atoms with Crippen molar-refractivity contribution in [1.82, 2.24) is 0 Å². The molecule has 0 aromatic heterocycles. The van der Waals surface area contributed by atoms with Gasteiger partial charge in [0.05, 0.1) is 4.92 Å². The Balaban J connectivity index is 2.00. The Morgan fingerprint density at radius 2 is 1.88 bits per heavy atom. The number of carbonyl (C=O) groups excluding carboxylic acids is 2. The summed E-state index contributed by atoms with van der Waals surface area (Å²) in [7, 11) is 0. The molecule has 124 valence electrons. The van der Waals surface area contributed by atoms with E-state index in [0.29, 0.717) is 16.3 Å². The lowest BCUT2D eigenvalue weighted by Gasteiger charge is -2.08. The van der Waals surface area contributed by atoms with Crippen molar-refractivity contribution in [3.8, 4) is 0 Å². The summed E-state index contributed by atoms with van der Waals surface area (Å²) in [6, 6.07) is 10.7. The zero-order valence-electron chi connectivity index (χ0n) is 12.6. The molecule has 0 aliphatic rings. The van der Waals surface area contributed by atoms with E-state index >= 15 is 0 Å². The number of hydrogen-bond acceptors (Lipinski definition) is 5. The highest BCUT2D eigenvalue weighted by molar-refractivity contribution is 6.30. The van der Waals surface area contributed by atoms with Crippen LogP contribution in [-0.4, -0.2) is 23.4 Å². The Bertz CT molecular complexity index is 790. The Labute approximate surface area is 142 Å². The van der Waals surface area contributed by atoms with Crippen molar-refractivity contribution in [1.29, 1.82) is 0 Å². The Morgan fingerprint density at radius 3 is 2.50 bits per heavy atom. The van der Waals surface area contributed by atoms with Crippen LogP contribution in [0.3, 0.4) is 0 Å². The molecule has 2 rings (SSSR count). The number of para-hydroxylation sites is 1. The molecule has 8 heteroatoms. The molecule has 1 amide bonds. The molecule has 0 unspecified atom stereocenters. The quantitative estimate of drug-likeness (QED) is 0.507. The lowest BCUT2D eigenvalue weighted by Crippen LogP contribution is -2.21. The molecule has 0 heterocycles. The van der Waals surface area contributed by atoms with Crippen molar-refractivity contribution in [3.05, 3.63) is 68.7 Å². The maximum atomic E-state index is 12.0. The summed E-state index contributed by atoms with van der Waals surface area (Å²) >= 11 is 5.73. The van der Waals surface area contributed by atoms with Crippen molar-refractivity contribution in [2.45, 2.75) is 6.92 Å². The van der Waals surface area contributed by atoms with Gasteiger partial charge in [-0.25, -0.2) is 4.79 Å². The molecule has 0 radical (unpaired) electrons. The van der Waals surface area contributed by atoms with Crippen LogP contribution in [0.15, 0.2) is 42.5 Å². The van der Waals surface area contributed by atoms with Crippen LogP contribution in [0.2, 0.25) is 5.02 Å². The number of nitro benzene ring substituents is 1. The smallest absolute Gasteiger partial charge is 0.345 e. The molecule has 24 heavy (non-hydrogen) atoms. The summed E-state index contributed by atoms with van der Waals surface area (Å²) < 4.78 is 4.85. The second-order valence-corrected chi connectivity index (χ2v) is 5.30. The Kier molecular flexibility index (Phi) is 5.49. The van der Waals surface area contributed by atoms with Crippen LogP contribution in [0, 0.1) is 17.0 Å². The summed E-state index contributed by atoms with van der Waals surface area (Å²) in [5, 5.41) is 14.1. The van der Waals surface area contributed by atoms with Crippen molar-refractivity contribution < 1.29 is 19.2 Å². The monoisotopic (exact) mass is 348 g/mol. The third-order valence-electron chi connectivity index (χ3n) is 3.10. The van der Waals surface area contributed by atoms with Crippen molar-refractivity contribution in [3.63, 3.8) is 0 Å². The number of amides is 1. The van der Waals surface area contributed by atoms with Gasteiger partial charge in [-0.15, -0.1) is 0 Å². The summed E-state index contributed by atoms with van der Waals surface area (Å²) in [6.45, 7) is 0.953. The van der Waals surface area contributed by atoms with E-state index in [0.717, 1.165) is 0 Å². The van der Waals surface area contributed by atoms with Crippen molar-refractivity contribution in [2.75, 3.05) is 11.9 Å². The van der Waals surface area contributed by atoms with Gasteiger partial charge in [-0.05, 0) is 37.3 Å². The Hall–Kier alpha value is -2.93. The van der Waals surface area contributed by atoms with Crippen LogP contribution in [-0.2, 0) is 9.53 Å². The predicted molar refractivity (Wildman–Crippen MR) is 88.2 cm³/mol. The predicted octanol–water partition coefficient (Wildman–Crippen LogP) is 3.35. The average molecular weight is 349 g/mol. The van der Waals surface area contributed by atoms with E-state index < -0.39 is 23.4 Å². The number of nitro groups is 1. The molecule has 7 nitrogen and oxygen atoms in total. The molecule has 0 aliphatic carbocycles. The topological polar surface area (TPSA) is 98.5 Å². The van der Waals surface area contributed by atoms with Gasteiger partial charge in [0.25, 0.3) is 11.6 Å². The zero-order chi connectivity index (χ0) is 17.7. The van der Waals surface area contributed by atoms with Gasteiger partial charge in [-0.3, -0.25) is 14.9 Å². The van der Waals surface area contributed by atoms with E-state index in [1.807, 2.05) is 0 Å². The average Bonchev–Trinajstić information content (AvgIpc) is 2.54. The minimum Gasteiger partial charge on any atom is -0.452 e. The summed E-state index contributed by atoms with van der Waals surface area (Å²) in [4.78, 5) is 34.2. The molecule has 0 saturated heterocycles. The first kappa shape index (κ1) is 17.4. The minimum atomic E-state index is -0.934. The standard InChI is InChI=1S/C16H13ClN2O5/c1-10-3-2-4-13(15(10)19(22)23)16(21)24-9-14(20)18-12-7-5-11(17)6-8-12/h2-8H,9H2,1H3,(H,18,20). The van der Waals surface area contributed by atoms with Gasteiger partial charge in [-0.1, -0.05) is 23.7 Å². The second kappa shape index (κ2) is 7.56. The van der Waals surface area contributed by atoms with E-state index in [1.54, 1.807) is 24.3 Å². The molecule has 0 aliphatic heterocycles. The van der Waals surface area contributed by atoms with Crippen LogP contribution < -0.4 is 5.32 Å². The number of esters is 1. The number of ether oxygens (including phenoxy) is 1.